The quantitative estimate of drug-likeness (QED) is 0.592. The maximum atomic E-state index is 13.4. The molecule has 3 N–H and O–H groups in total. The summed E-state index contributed by atoms with van der Waals surface area (Å²) in [5.41, 5.74) is 5.26. The van der Waals surface area contributed by atoms with Crippen molar-refractivity contribution in [2.45, 2.75) is 24.2 Å². The van der Waals surface area contributed by atoms with Crippen LogP contribution < -0.4 is 10.5 Å². The third-order valence-corrected chi connectivity index (χ3v) is 4.09. The summed E-state index contributed by atoms with van der Waals surface area (Å²) in [5, 5.41) is 0. The molecule has 0 saturated carbocycles. The molecular formula is C11H13F3N2O2S2. The molecule has 0 aliphatic carbocycles. The van der Waals surface area contributed by atoms with E-state index in [4.69, 9.17) is 5.73 Å². The molecule has 9 heteroatoms. The van der Waals surface area contributed by atoms with E-state index in [1.54, 1.807) is 0 Å². The van der Waals surface area contributed by atoms with Crippen molar-refractivity contribution in [3.8, 4) is 0 Å². The Balaban J connectivity index is 2.73. The maximum Gasteiger partial charge on any atom is 0.246 e. The molecule has 0 fully saturated rings. The van der Waals surface area contributed by atoms with Crippen LogP contribution in [0.4, 0.5) is 13.2 Å². The van der Waals surface area contributed by atoms with E-state index in [2.05, 4.69) is 12.2 Å². The Bertz CT molecular complexity index is 583. The van der Waals surface area contributed by atoms with Gasteiger partial charge in [0.25, 0.3) is 0 Å². The highest BCUT2D eigenvalue weighted by molar-refractivity contribution is 7.89. The molecule has 0 aliphatic rings. The zero-order valence-corrected chi connectivity index (χ0v) is 12.0. The molecule has 0 spiro atoms. The van der Waals surface area contributed by atoms with Crippen LogP contribution in [0.15, 0.2) is 17.0 Å². The first-order valence-electron chi connectivity index (χ1n) is 5.66. The zero-order valence-electron chi connectivity index (χ0n) is 10.3. The van der Waals surface area contributed by atoms with Gasteiger partial charge in [-0.05, 0) is 19.3 Å². The molecule has 4 nitrogen and oxygen atoms in total. The van der Waals surface area contributed by atoms with Crippen molar-refractivity contribution < 1.29 is 21.6 Å². The Morgan fingerprint density at radius 3 is 2.25 bits per heavy atom. The first kappa shape index (κ1) is 16.9. The lowest BCUT2D eigenvalue weighted by Gasteiger charge is -2.08. The van der Waals surface area contributed by atoms with Crippen molar-refractivity contribution >= 4 is 27.2 Å². The number of hydrogen-bond acceptors (Lipinski definition) is 3. The zero-order chi connectivity index (χ0) is 15.3. The molecule has 0 aromatic heterocycles. The lowest BCUT2D eigenvalue weighted by Crippen LogP contribution is -2.27. The fourth-order valence-electron chi connectivity index (χ4n) is 1.49. The van der Waals surface area contributed by atoms with Gasteiger partial charge in [-0.15, -0.1) is 0 Å². The molecule has 0 amide bonds. The van der Waals surface area contributed by atoms with Crippen molar-refractivity contribution in [2.75, 3.05) is 6.54 Å². The van der Waals surface area contributed by atoms with E-state index < -0.39 is 32.4 Å². The minimum Gasteiger partial charge on any atom is -0.393 e. The Hall–Kier alpha value is -1.19. The predicted octanol–water partition coefficient (Wildman–Crippen LogP) is 1.84. The number of rotatable bonds is 7. The first-order chi connectivity index (χ1) is 9.24. The maximum absolute atomic E-state index is 13.4. The highest BCUT2D eigenvalue weighted by Crippen LogP contribution is 2.19. The molecule has 0 atom stereocenters. The van der Waals surface area contributed by atoms with E-state index in [0.29, 0.717) is 36.4 Å². The molecule has 0 saturated heterocycles. The van der Waals surface area contributed by atoms with Crippen molar-refractivity contribution in [1.82, 2.24) is 4.72 Å². The minimum atomic E-state index is -4.37. The van der Waals surface area contributed by atoms with Crippen LogP contribution in [0, 0.1) is 17.5 Å². The molecular weight excluding hydrogens is 313 g/mol. The topological polar surface area (TPSA) is 72.2 Å². The second-order valence-corrected chi connectivity index (χ2v) is 6.25. The SMILES string of the molecule is NC(=S)CCCCNS(=O)(=O)c1c(F)cc(F)cc1F. The van der Waals surface area contributed by atoms with Crippen LogP contribution >= 0.6 is 12.2 Å². The largest absolute Gasteiger partial charge is 0.393 e. The number of nitrogens with one attached hydrogen (secondary N) is 1. The van der Waals surface area contributed by atoms with Gasteiger partial charge < -0.3 is 5.73 Å². The van der Waals surface area contributed by atoms with Gasteiger partial charge >= 0.3 is 0 Å². The average molecular weight is 326 g/mol. The van der Waals surface area contributed by atoms with Gasteiger partial charge in [0.05, 0.1) is 4.99 Å². The number of halogens is 3. The molecule has 1 aromatic carbocycles. The molecule has 1 aromatic rings. The van der Waals surface area contributed by atoms with E-state index in [1.807, 2.05) is 4.72 Å². The van der Waals surface area contributed by atoms with Crippen molar-refractivity contribution in [2.24, 2.45) is 5.73 Å². The fourth-order valence-corrected chi connectivity index (χ4v) is 2.82. The Morgan fingerprint density at radius 1 is 1.20 bits per heavy atom. The highest BCUT2D eigenvalue weighted by Gasteiger charge is 2.24. The lowest BCUT2D eigenvalue weighted by atomic mass is 10.2. The summed E-state index contributed by atoms with van der Waals surface area (Å²) in [5.74, 6) is -4.13. The normalized spacial score (nSPS) is 11.6. The van der Waals surface area contributed by atoms with E-state index in [-0.39, 0.29) is 6.54 Å². The number of sulfonamides is 1. The summed E-state index contributed by atoms with van der Waals surface area (Å²) in [7, 11) is -4.37. The monoisotopic (exact) mass is 326 g/mol. The molecule has 20 heavy (non-hydrogen) atoms. The van der Waals surface area contributed by atoms with E-state index in [0.717, 1.165) is 0 Å². The Morgan fingerprint density at radius 2 is 1.75 bits per heavy atom. The second kappa shape index (κ2) is 7.00. The van der Waals surface area contributed by atoms with Gasteiger partial charge in [0.15, 0.2) is 4.90 Å². The Kier molecular flexibility index (Phi) is 5.90. The van der Waals surface area contributed by atoms with Gasteiger partial charge in [-0.25, -0.2) is 26.3 Å². The molecule has 0 bridgehead atoms. The summed E-state index contributed by atoms with van der Waals surface area (Å²) in [6.45, 7) is -0.0266. The van der Waals surface area contributed by atoms with Crippen LogP contribution in [0.5, 0.6) is 0 Å². The molecule has 1 rings (SSSR count). The molecule has 0 unspecified atom stereocenters. The van der Waals surface area contributed by atoms with Gasteiger partial charge in [0, 0.05) is 18.7 Å². The fraction of sp³-hybridized carbons (Fsp3) is 0.364. The van der Waals surface area contributed by atoms with E-state index >= 15 is 0 Å². The summed E-state index contributed by atoms with van der Waals surface area (Å²) in [6.07, 6.45) is 1.41. The average Bonchev–Trinajstić information content (AvgIpc) is 2.25. The molecule has 0 heterocycles. The van der Waals surface area contributed by atoms with Gasteiger partial charge in [-0.3, -0.25) is 0 Å². The van der Waals surface area contributed by atoms with E-state index in [1.165, 1.54) is 0 Å². The summed E-state index contributed by atoms with van der Waals surface area (Å²) in [6, 6.07) is 0.620. The number of hydrogen-bond donors (Lipinski definition) is 2. The number of thiocarbonyl (C=S) groups is 1. The Labute approximate surface area is 120 Å². The highest BCUT2D eigenvalue weighted by atomic mass is 32.2. The van der Waals surface area contributed by atoms with Gasteiger partial charge in [-0.1, -0.05) is 12.2 Å². The standard InChI is InChI=1S/C11H13F3N2O2S2/c12-7-5-8(13)11(9(14)6-7)20(17,18)16-4-2-1-3-10(15)19/h5-6,16H,1-4H2,(H2,15,19). The lowest BCUT2D eigenvalue weighted by molar-refractivity contribution is 0.493. The van der Waals surface area contributed by atoms with Crippen LogP contribution in [-0.2, 0) is 10.0 Å². The number of benzene rings is 1. The van der Waals surface area contributed by atoms with Crippen LogP contribution in [0.1, 0.15) is 19.3 Å². The smallest absolute Gasteiger partial charge is 0.246 e. The van der Waals surface area contributed by atoms with Crippen LogP contribution in [0.2, 0.25) is 0 Å². The van der Waals surface area contributed by atoms with Gasteiger partial charge in [0.1, 0.15) is 17.5 Å². The third-order valence-electron chi connectivity index (χ3n) is 2.37. The molecule has 0 radical (unpaired) electrons. The van der Waals surface area contributed by atoms with Crippen molar-refractivity contribution in [3.05, 3.63) is 29.6 Å². The number of unbranched alkanes of at least 4 members (excludes halogenated alkanes) is 1. The number of nitrogens with two attached hydrogens (primary N) is 1. The van der Waals surface area contributed by atoms with Crippen LogP contribution in [0.3, 0.4) is 0 Å². The van der Waals surface area contributed by atoms with Gasteiger partial charge in [-0.2, -0.15) is 0 Å². The van der Waals surface area contributed by atoms with Crippen LogP contribution in [-0.4, -0.2) is 20.0 Å². The predicted molar refractivity (Wildman–Crippen MR) is 72.1 cm³/mol. The molecule has 0 aliphatic heterocycles. The molecule has 112 valence electrons. The second-order valence-electron chi connectivity index (χ2n) is 4.02. The van der Waals surface area contributed by atoms with E-state index in [9.17, 15) is 21.6 Å². The van der Waals surface area contributed by atoms with Crippen molar-refractivity contribution in [1.29, 1.82) is 0 Å². The summed E-state index contributed by atoms with van der Waals surface area (Å²) < 4.78 is 64.9. The summed E-state index contributed by atoms with van der Waals surface area (Å²) >= 11 is 4.65. The minimum absolute atomic E-state index is 0.0266. The van der Waals surface area contributed by atoms with Crippen molar-refractivity contribution in [3.63, 3.8) is 0 Å². The first-order valence-corrected chi connectivity index (χ1v) is 7.55. The van der Waals surface area contributed by atoms with Gasteiger partial charge in [0.2, 0.25) is 10.0 Å². The van der Waals surface area contributed by atoms with Crippen LogP contribution in [0.25, 0.3) is 0 Å². The third kappa shape index (κ3) is 4.73. The summed E-state index contributed by atoms with van der Waals surface area (Å²) in [4.78, 5) is -0.878.